The van der Waals surface area contributed by atoms with Crippen molar-refractivity contribution in [1.82, 2.24) is 5.32 Å². The van der Waals surface area contributed by atoms with Gasteiger partial charge in [0, 0.05) is 13.1 Å². The highest BCUT2D eigenvalue weighted by Gasteiger charge is 2.07. The Hall–Kier alpha value is -2.20. The van der Waals surface area contributed by atoms with E-state index >= 15 is 0 Å². The van der Waals surface area contributed by atoms with Gasteiger partial charge in [0.25, 0.3) is 0 Å². The molecule has 0 radical (unpaired) electrons. The topological polar surface area (TPSA) is 55.1 Å². The molecule has 21 heavy (non-hydrogen) atoms. The van der Waals surface area contributed by atoms with Crippen LogP contribution in [0.1, 0.15) is 16.7 Å². The van der Waals surface area contributed by atoms with E-state index in [2.05, 4.69) is 5.32 Å². The summed E-state index contributed by atoms with van der Waals surface area (Å²) in [6.45, 7) is 0.837. The summed E-state index contributed by atoms with van der Waals surface area (Å²) in [4.78, 5) is 11.9. The van der Waals surface area contributed by atoms with Gasteiger partial charge < -0.3 is 11.1 Å². The van der Waals surface area contributed by atoms with E-state index in [9.17, 15) is 9.18 Å². The molecular weight excluding hydrogens is 267 g/mol. The van der Waals surface area contributed by atoms with Gasteiger partial charge in [0.05, 0.1) is 6.42 Å². The number of benzene rings is 2. The predicted octanol–water partition coefficient (Wildman–Crippen LogP) is 2.19. The number of carbonyl (C=O) groups excluding carboxylic acids is 1. The van der Waals surface area contributed by atoms with E-state index < -0.39 is 0 Å². The number of nitrogens with two attached hydrogens (primary N) is 1. The number of rotatable bonds is 6. The van der Waals surface area contributed by atoms with Crippen molar-refractivity contribution in [2.45, 2.75) is 19.4 Å². The Bertz CT molecular complexity index is 613. The first-order valence-corrected chi connectivity index (χ1v) is 6.97. The first-order valence-electron chi connectivity index (χ1n) is 6.97. The minimum absolute atomic E-state index is 0.0766. The number of hydrogen-bond donors (Lipinski definition) is 2. The molecule has 0 spiro atoms. The molecule has 0 fully saturated rings. The van der Waals surface area contributed by atoms with Gasteiger partial charge in [-0.2, -0.15) is 0 Å². The zero-order valence-electron chi connectivity index (χ0n) is 11.8. The van der Waals surface area contributed by atoms with Crippen molar-refractivity contribution in [2.24, 2.45) is 5.73 Å². The van der Waals surface area contributed by atoms with Crippen molar-refractivity contribution < 1.29 is 9.18 Å². The minimum Gasteiger partial charge on any atom is -0.355 e. The number of amides is 1. The van der Waals surface area contributed by atoms with E-state index in [-0.39, 0.29) is 11.7 Å². The number of nitrogens with one attached hydrogen (secondary N) is 1. The lowest BCUT2D eigenvalue weighted by atomic mass is 10.0. The summed E-state index contributed by atoms with van der Waals surface area (Å²) in [7, 11) is 0. The Balaban J connectivity index is 1.84. The zero-order chi connectivity index (χ0) is 15.1. The van der Waals surface area contributed by atoms with E-state index in [0.29, 0.717) is 31.5 Å². The molecule has 0 aromatic heterocycles. The number of hydrogen-bond acceptors (Lipinski definition) is 2. The summed E-state index contributed by atoms with van der Waals surface area (Å²) in [5.41, 5.74) is 8.16. The Kier molecular flexibility index (Phi) is 5.46. The molecule has 0 saturated carbocycles. The fraction of sp³-hybridized carbons (Fsp3) is 0.235. The molecule has 1 amide bonds. The van der Waals surface area contributed by atoms with Gasteiger partial charge in [0.1, 0.15) is 5.82 Å². The van der Waals surface area contributed by atoms with Gasteiger partial charge in [0.2, 0.25) is 5.91 Å². The first kappa shape index (κ1) is 15.2. The Morgan fingerprint density at radius 2 is 1.62 bits per heavy atom. The van der Waals surface area contributed by atoms with Crippen LogP contribution in [-0.4, -0.2) is 12.5 Å². The Morgan fingerprint density at radius 3 is 2.29 bits per heavy atom. The van der Waals surface area contributed by atoms with Crippen molar-refractivity contribution in [3.63, 3.8) is 0 Å². The molecular formula is C17H19FN2O. The Morgan fingerprint density at radius 1 is 1.00 bits per heavy atom. The monoisotopic (exact) mass is 286 g/mol. The van der Waals surface area contributed by atoms with E-state index in [1.54, 1.807) is 18.2 Å². The van der Waals surface area contributed by atoms with Crippen LogP contribution in [0.15, 0.2) is 48.5 Å². The van der Waals surface area contributed by atoms with Gasteiger partial charge in [-0.15, -0.1) is 0 Å². The van der Waals surface area contributed by atoms with Gasteiger partial charge in [-0.25, -0.2) is 4.39 Å². The van der Waals surface area contributed by atoms with Crippen LogP contribution in [-0.2, 0) is 24.2 Å². The van der Waals surface area contributed by atoms with Crippen LogP contribution in [0.4, 0.5) is 4.39 Å². The molecule has 0 unspecified atom stereocenters. The summed E-state index contributed by atoms with van der Waals surface area (Å²) < 4.78 is 13.4. The Labute approximate surface area is 124 Å². The molecule has 0 bridgehead atoms. The summed E-state index contributed by atoms with van der Waals surface area (Å²) in [6.07, 6.45) is 0.779. The first-order chi connectivity index (χ1) is 10.2. The second-order valence-corrected chi connectivity index (χ2v) is 4.84. The van der Waals surface area contributed by atoms with Crippen LogP contribution in [0.5, 0.6) is 0 Å². The SMILES string of the molecule is NCc1ccccc1CC(=O)NCCc1ccccc1F. The van der Waals surface area contributed by atoms with Crippen LogP contribution in [0.25, 0.3) is 0 Å². The molecule has 2 aromatic carbocycles. The third kappa shape index (κ3) is 4.39. The summed E-state index contributed by atoms with van der Waals surface area (Å²) in [5.74, 6) is -0.313. The van der Waals surface area contributed by atoms with Gasteiger partial charge in [-0.1, -0.05) is 42.5 Å². The zero-order valence-corrected chi connectivity index (χ0v) is 11.8. The molecule has 0 atom stereocenters. The quantitative estimate of drug-likeness (QED) is 0.855. The van der Waals surface area contributed by atoms with Crippen LogP contribution < -0.4 is 11.1 Å². The van der Waals surface area contributed by atoms with Gasteiger partial charge in [-0.3, -0.25) is 4.79 Å². The fourth-order valence-corrected chi connectivity index (χ4v) is 2.20. The van der Waals surface area contributed by atoms with Crippen LogP contribution >= 0.6 is 0 Å². The predicted molar refractivity (Wildman–Crippen MR) is 81.2 cm³/mol. The fourth-order valence-electron chi connectivity index (χ4n) is 2.20. The summed E-state index contributed by atoms with van der Waals surface area (Å²) >= 11 is 0. The average molecular weight is 286 g/mol. The van der Waals surface area contributed by atoms with Crippen LogP contribution in [0.3, 0.4) is 0 Å². The number of halogens is 1. The van der Waals surface area contributed by atoms with Crippen LogP contribution in [0, 0.1) is 5.82 Å². The molecule has 110 valence electrons. The van der Waals surface area contributed by atoms with Gasteiger partial charge in [-0.05, 0) is 29.2 Å². The molecule has 3 nitrogen and oxygen atoms in total. The van der Waals surface area contributed by atoms with Crippen LogP contribution in [0.2, 0.25) is 0 Å². The summed E-state index contributed by atoms with van der Waals surface area (Å²) in [5, 5.41) is 2.81. The molecule has 3 N–H and O–H groups in total. The standard InChI is InChI=1S/C17H19FN2O/c18-16-8-4-3-5-13(16)9-10-20-17(21)11-14-6-1-2-7-15(14)12-19/h1-8H,9-12,19H2,(H,20,21). The minimum atomic E-state index is -0.236. The molecule has 4 heteroatoms. The van der Waals surface area contributed by atoms with E-state index in [1.165, 1.54) is 6.07 Å². The van der Waals surface area contributed by atoms with Crippen molar-refractivity contribution in [3.05, 3.63) is 71.0 Å². The summed E-state index contributed by atoms with van der Waals surface area (Å²) in [6, 6.07) is 14.2. The molecule has 0 heterocycles. The lowest BCUT2D eigenvalue weighted by Crippen LogP contribution is -2.27. The average Bonchev–Trinajstić information content (AvgIpc) is 2.50. The highest BCUT2D eigenvalue weighted by molar-refractivity contribution is 5.78. The van der Waals surface area contributed by atoms with Gasteiger partial charge in [0.15, 0.2) is 0 Å². The molecule has 0 aliphatic heterocycles. The van der Waals surface area contributed by atoms with Crippen molar-refractivity contribution in [3.8, 4) is 0 Å². The smallest absolute Gasteiger partial charge is 0.224 e. The molecule has 0 aliphatic carbocycles. The number of carbonyl (C=O) groups is 1. The maximum absolute atomic E-state index is 13.4. The van der Waals surface area contributed by atoms with Gasteiger partial charge >= 0.3 is 0 Å². The van der Waals surface area contributed by atoms with E-state index in [4.69, 9.17) is 5.73 Å². The second kappa shape index (κ2) is 7.55. The highest BCUT2D eigenvalue weighted by Crippen LogP contribution is 2.09. The lowest BCUT2D eigenvalue weighted by Gasteiger charge is -2.09. The maximum Gasteiger partial charge on any atom is 0.224 e. The third-order valence-electron chi connectivity index (χ3n) is 3.36. The second-order valence-electron chi connectivity index (χ2n) is 4.84. The maximum atomic E-state index is 13.4. The third-order valence-corrected chi connectivity index (χ3v) is 3.36. The molecule has 0 saturated heterocycles. The van der Waals surface area contributed by atoms with Crippen molar-refractivity contribution in [2.75, 3.05) is 6.54 Å². The van der Waals surface area contributed by atoms with E-state index in [0.717, 1.165) is 11.1 Å². The molecule has 2 aromatic rings. The highest BCUT2D eigenvalue weighted by atomic mass is 19.1. The molecule has 2 rings (SSSR count). The van der Waals surface area contributed by atoms with E-state index in [1.807, 2.05) is 24.3 Å². The largest absolute Gasteiger partial charge is 0.355 e. The lowest BCUT2D eigenvalue weighted by molar-refractivity contribution is -0.120. The molecule has 0 aliphatic rings. The normalized spacial score (nSPS) is 10.4. The van der Waals surface area contributed by atoms with Crippen molar-refractivity contribution in [1.29, 1.82) is 0 Å². The van der Waals surface area contributed by atoms with Crippen molar-refractivity contribution >= 4 is 5.91 Å².